The van der Waals surface area contributed by atoms with Gasteiger partial charge in [0.15, 0.2) is 23.5 Å². The monoisotopic (exact) mass is 618 g/mol. The van der Waals surface area contributed by atoms with Crippen LogP contribution in [0.3, 0.4) is 0 Å². The largest absolute Gasteiger partial charge is 0.502 e. The van der Waals surface area contributed by atoms with Crippen LogP contribution < -0.4 is 34.3 Å². The molecule has 2 heterocycles. The quantitative estimate of drug-likeness (QED) is 0.208. The molecule has 0 spiro atoms. The van der Waals surface area contributed by atoms with Crippen molar-refractivity contribution < 1.29 is 39.0 Å². The maximum atomic E-state index is 12.0. The molecule has 1 fully saturated rings. The molecule has 3 aromatic carbocycles. The zero-order chi connectivity index (χ0) is 31.5. The average molecular weight is 619 g/mol. The number of benzene rings is 3. The minimum absolute atomic E-state index is 0.0931. The number of fused-ring (bicyclic) bond motifs is 2. The maximum Gasteiger partial charge on any atom is 0.200 e. The molecule has 0 saturated heterocycles. The van der Waals surface area contributed by atoms with E-state index in [1.807, 2.05) is 12.1 Å². The molecule has 5 N–H and O–H groups in total. The Morgan fingerprint density at radius 2 is 1.56 bits per heavy atom. The Morgan fingerprint density at radius 1 is 0.867 bits per heavy atom. The van der Waals surface area contributed by atoms with E-state index >= 15 is 0 Å². The van der Waals surface area contributed by atoms with Gasteiger partial charge in [0.1, 0.15) is 17.2 Å². The fourth-order valence-electron chi connectivity index (χ4n) is 7.91. The number of ether oxygens (including phenoxy) is 5. The third kappa shape index (κ3) is 4.73. The highest BCUT2D eigenvalue weighted by Gasteiger charge is 2.42. The Balaban J connectivity index is 1.37. The summed E-state index contributed by atoms with van der Waals surface area (Å²) < 4.78 is 29.9. The summed E-state index contributed by atoms with van der Waals surface area (Å²) in [6, 6.07) is 7.25. The first kappa shape index (κ1) is 29.8. The summed E-state index contributed by atoms with van der Waals surface area (Å²) in [4.78, 5) is 0. The van der Waals surface area contributed by atoms with Crippen LogP contribution in [-0.4, -0.2) is 55.5 Å². The van der Waals surface area contributed by atoms with Crippen LogP contribution in [0.4, 0.5) is 5.69 Å². The Hall–Kier alpha value is -3.86. The third-order valence-corrected chi connectivity index (χ3v) is 9.98. The zero-order valence-electron chi connectivity index (χ0n) is 26.3. The molecule has 10 heteroatoms. The molecule has 10 nitrogen and oxygen atoms in total. The van der Waals surface area contributed by atoms with E-state index in [2.05, 4.69) is 17.6 Å². The smallest absolute Gasteiger partial charge is 0.200 e. The molecule has 240 valence electrons. The number of rotatable bonds is 8. The fraction of sp³-hybridized carbons (Fsp3) is 0.486. The van der Waals surface area contributed by atoms with Gasteiger partial charge >= 0.3 is 0 Å². The molecule has 0 unspecified atom stereocenters. The minimum Gasteiger partial charge on any atom is -0.502 e. The second kappa shape index (κ2) is 11.5. The highest BCUT2D eigenvalue weighted by molar-refractivity contribution is 5.93. The van der Waals surface area contributed by atoms with Gasteiger partial charge in [-0.2, -0.15) is 0 Å². The zero-order valence-corrected chi connectivity index (χ0v) is 26.3. The molecular weight excluding hydrogens is 576 g/mol. The number of hydrogen-bond donors (Lipinski definition) is 5. The molecule has 2 aliphatic carbocycles. The van der Waals surface area contributed by atoms with Crippen molar-refractivity contribution in [2.24, 2.45) is 0 Å². The SMILES string of the molecule is CCNC1(Oc2cc(OC)c3c4c2[C@@H](O)Nc2cc5c(c(c2-4)CC3)[C@@H](O)[C@H](c2cc(OC)c(O)c(OC)c2)CO5)CCCCC1. The molecular formula is C35H42N2O8. The summed E-state index contributed by atoms with van der Waals surface area (Å²) in [5.41, 5.74) is 6.22. The van der Waals surface area contributed by atoms with Crippen LogP contribution in [0.1, 0.15) is 85.1 Å². The van der Waals surface area contributed by atoms with Gasteiger partial charge in [0.05, 0.1) is 39.6 Å². The number of nitrogens with one attached hydrogen (secondary N) is 2. The van der Waals surface area contributed by atoms with E-state index in [0.29, 0.717) is 29.9 Å². The average Bonchev–Trinajstić information content (AvgIpc) is 3.04. The highest BCUT2D eigenvalue weighted by Crippen LogP contribution is 2.58. The van der Waals surface area contributed by atoms with Gasteiger partial charge in [0.2, 0.25) is 5.75 Å². The number of aromatic hydroxyl groups is 1. The molecule has 0 radical (unpaired) electrons. The predicted octanol–water partition coefficient (Wildman–Crippen LogP) is 5.46. The lowest BCUT2D eigenvalue weighted by Crippen LogP contribution is -2.51. The van der Waals surface area contributed by atoms with E-state index in [1.54, 1.807) is 19.2 Å². The lowest BCUT2D eigenvalue weighted by molar-refractivity contribution is -0.00334. The molecule has 0 bridgehead atoms. The van der Waals surface area contributed by atoms with Crippen molar-refractivity contribution in [3.8, 4) is 45.6 Å². The van der Waals surface area contributed by atoms with Crippen molar-refractivity contribution in [2.45, 2.75) is 75.8 Å². The highest BCUT2D eigenvalue weighted by atomic mass is 16.5. The fourth-order valence-corrected chi connectivity index (χ4v) is 7.91. The van der Waals surface area contributed by atoms with E-state index in [4.69, 9.17) is 23.7 Å². The van der Waals surface area contributed by atoms with Gasteiger partial charge in [-0.05, 0) is 55.5 Å². The molecule has 45 heavy (non-hydrogen) atoms. The Morgan fingerprint density at radius 3 is 2.22 bits per heavy atom. The summed E-state index contributed by atoms with van der Waals surface area (Å²) >= 11 is 0. The summed E-state index contributed by atoms with van der Waals surface area (Å²) in [6.45, 7) is 3.07. The lowest BCUT2D eigenvalue weighted by Gasteiger charge is -2.42. The number of aliphatic hydroxyl groups excluding tert-OH is 2. The van der Waals surface area contributed by atoms with Crippen LogP contribution >= 0.6 is 0 Å². The van der Waals surface area contributed by atoms with Gasteiger partial charge in [-0.25, -0.2) is 0 Å². The van der Waals surface area contributed by atoms with E-state index in [-0.39, 0.29) is 23.9 Å². The van der Waals surface area contributed by atoms with Crippen LogP contribution in [-0.2, 0) is 12.8 Å². The normalized spacial score (nSPS) is 22.3. The molecule has 3 atom stereocenters. The first-order valence-electron chi connectivity index (χ1n) is 15.9. The molecule has 2 aliphatic heterocycles. The van der Waals surface area contributed by atoms with Crippen molar-refractivity contribution >= 4 is 5.69 Å². The van der Waals surface area contributed by atoms with E-state index < -0.39 is 24.0 Å². The standard InChI is InChI=1S/C35H42N2O8/c1-5-36-35(11-7-6-8-12-35)45-25-16-23(41-2)19-9-10-20-28-22(37-34(40)31(25)30(19)28)15-24-29(20)32(38)21(17-44-24)18-13-26(42-3)33(39)27(14-18)43-4/h13-16,21,32,34,36-40H,5-12,17H2,1-4H3/t21-,32-,34+/m0/s1. The predicted molar refractivity (Wildman–Crippen MR) is 169 cm³/mol. The Labute approximate surface area is 263 Å². The summed E-state index contributed by atoms with van der Waals surface area (Å²) in [5.74, 6) is 1.91. The Bertz CT molecular complexity index is 1600. The maximum absolute atomic E-state index is 12.0. The van der Waals surface area contributed by atoms with E-state index in [1.165, 1.54) is 20.6 Å². The molecule has 3 aromatic rings. The van der Waals surface area contributed by atoms with Crippen molar-refractivity contribution in [3.63, 3.8) is 0 Å². The number of phenolic OH excluding ortho intramolecular Hbond substituents is 1. The molecule has 0 amide bonds. The summed E-state index contributed by atoms with van der Waals surface area (Å²) in [5, 5.41) is 41.0. The van der Waals surface area contributed by atoms with Gasteiger partial charge < -0.3 is 44.3 Å². The molecule has 1 saturated carbocycles. The molecule has 4 aliphatic rings. The first-order chi connectivity index (χ1) is 21.8. The lowest BCUT2D eigenvalue weighted by atomic mass is 9.74. The topological polar surface area (TPSA) is 131 Å². The Kier molecular flexibility index (Phi) is 7.62. The van der Waals surface area contributed by atoms with Crippen molar-refractivity contribution in [1.29, 1.82) is 0 Å². The second-order valence-electron chi connectivity index (χ2n) is 12.4. The summed E-state index contributed by atoms with van der Waals surface area (Å²) in [7, 11) is 4.63. The van der Waals surface area contributed by atoms with Crippen LogP contribution in [0, 0.1) is 0 Å². The number of methoxy groups -OCH3 is 3. The van der Waals surface area contributed by atoms with Gasteiger partial charge in [-0.3, -0.25) is 5.32 Å². The van der Waals surface area contributed by atoms with Crippen LogP contribution in [0.5, 0.6) is 34.5 Å². The summed E-state index contributed by atoms with van der Waals surface area (Å²) in [6.07, 6.45) is 4.51. The number of hydrogen-bond acceptors (Lipinski definition) is 10. The molecule has 0 aromatic heterocycles. The third-order valence-electron chi connectivity index (χ3n) is 9.98. The van der Waals surface area contributed by atoms with Gasteiger partial charge in [0, 0.05) is 58.8 Å². The van der Waals surface area contributed by atoms with E-state index in [9.17, 15) is 15.3 Å². The van der Waals surface area contributed by atoms with E-state index in [0.717, 1.165) is 77.0 Å². The van der Waals surface area contributed by atoms with Crippen LogP contribution in [0.2, 0.25) is 0 Å². The minimum atomic E-state index is -1.00. The van der Waals surface area contributed by atoms with Gasteiger partial charge in [-0.15, -0.1) is 0 Å². The van der Waals surface area contributed by atoms with Crippen molar-refractivity contribution in [2.75, 3.05) is 39.8 Å². The van der Waals surface area contributed by atoms with Gasteiger partial charge in [0.25, 0.3) is 0 Å². The van der Waals surface area contributed by atoms with Crippen LogP contribution in [0.15, 0.2) is 24.3 Å². The number of aliphatic hydroxyl groups is 2. The second-order valence-corrected chi connectivity index (χ2v) is 12.4. The molecule has 7 rings (SSSR count). The van der Waals surface area contributed by atoms with Crippen LogP contribution in [0.25, 0.3) is 11.1 Å². The van der Waals surface area contributed by atoms with Crippen molar-refractivity contribution in [3.05, 3.63) is 52.1 Å². The van der Waals surface area contributed by atoms with Gasteiger partial charge in [-0.1, -0.05) is 13.3 Å². The number of phenols is 1. The first-order valence-corrected chi connectivity index (χ1v) is 15.9. The van der Waals surface area contributed by atoms with Crippen molar-refractivity contribution in [1.82, 2.24) is 5.32 Å². The number of anilines is 1.